The number of carbonyl (C=O) groups excluding carboxylic acids is 1. The van der Waals surface area contributed by atoms with E-state index in [0.717, 1.165) is 19.3 Å². The molecule has 0 heterocycles. The molecule has 0 atom stereocenters. The minimum atomic E-state index is -0.316. The lowest BCUT2D eigenvalue weighted by atomic mass is 10.1. The Hall–Kier alpha value is -2.33. The Morgan fingerprint density at radius 3 is 2.56 bits per heavy atom. The van der Waals surface area contributed by atoms with Crippen molar-refractivity contribution in [3.63, 3.8) is 0 Å². The van der Waals surface area contributed by atoms with Crippen LogP contribution in [-0.4, -0.2) is 25.1 Å². The standard InChI is InChI=1S/C20H23ClN2O2/c1-2-15-25-20(22-14-8-11-16-9-4-3-5-10-16)23-19(24)17-12-6-7-13-18(17)21/h3-7,9-10,12-13H,2,8,11,14-15H2,1H3,(H,22,23,24). The van der Waals surface area contributed by atoms with Crippen LogP contribution in [0.3, 0.4) is 0 Å². The van der Waals surface area contributed by atoms with Crippen molar-refractivity contribution in [3.8, 4) is 0 Å². The van der Waals surface area contributed by atoms with Gasteiger partial charge in [0, 0.05) is 6.54 Å². The maximum atomic E-state index is 12.3. The summed E-state index contributed by atoms with van der Waals surface area (Å²) in [6.07, 6.45) is 2.65. The number of amidine groups is 1. The average Bonchev–Trinajstić information content (AvgIpc) is 2.64. The van der Waals surface area contributed by atoms with E-state index in [1.54, 1.807) is 24.3 Å². The summed E-state index contributed by atoms with van der Waals surface area (Å²) in [5.74, 6) is -0.316. The first-order chi connectivity index (χ1) is 12.2. The second kappa shape index (κ2) is 10.5. The molecule has 1 N–H and O–H groups in total. The minimum Gasteiger partial charge on any atom is -0.465 e. The topological polar surface area (TPSA) is 50.7 Å². The maximum Gasteiger partial charge on any atom is 0.291 e. The van der Waals surface area contributed by atoms with Gasteiger partial charge in [-0.1, -0.05) is 61.0 Å². The Balaban J connectivity index is 1.93. The van der Waals surface area contributed by atoms with Crippen LogP contribution in [0.1, 0.15) is 35.7 Å². The van der Waals surface area contributed by atoms with E-state index in [9.17, 15) is 4.79 Å². The summed E-state index contributed by atoms with van der Waals surface area (Å²) in [6.45, 7) is 3.08. The summed E-state index contributed by atoms with van der Waals surface area (Å²) < 4.78 is 5.55. The molecule has 0 aliphatic heterocycles. The number of hydrogen-bond acceptors (Lipinski definition) is 3. The number of ether oxygens (including phenoxy) is 1. The molecule has 0 saturated heterocycles. The molecule has 0 aliphatic rings. The first kappa shape index (κ1) is 19.0. The predicted molar refractivity (Wildman–Crippen MR) is 102 cm³/mol. The summed E-state index contributed by atoms with van der Waals surface area (Å²) in [5, 5.41) is 3.11. The fraction of sp³-hybridized carbons (Fsp3) is 0.300. The van der Waals surface area contributed by atoms with E-state index >= 15 is 0 Å². The smallest absolute Gasteiger partial charge is 0.291 e. The van der Waals surface area contributed by atoms with Gasteiger partial charge in [0.2, 0.25) is 0 Å². The number of nitrogens with zero attached hydrogens (tertiary/aromatic N) is 1. The largest absolute Gasteiger partial charge is 0.465 e. The number of benzene rings is 2. The first-order valence-electron chi connectivity index (χ1n) is 8.47. The second-order valence-electron chi connectivity index (χ2n) is 5.56. The molecule has 0 unspecified atom stereocenters. The number of aliphatic imine (C=N–C) groups is 1. The van der Waals surface area contributed by atoms with Crippen LogP contribution in [0.5, 0.6) is 0 Å². The Bertz CT molecular complexity index is 702. The average molecular weight is 359 g/mol. The van der Waals surface area contributed by atoms with E-state index in [4.69, 9.17) is 16.3 Å². The van der Waals surface area contributed by atoms with Gasteiger partial charge in [0.05, 0.1) is 17.2 Å². The van der Waals surface area contributed by atoms with Gasteiger partial charge in [-0.2, -0.15) is 0 Å². The van der Waals surface area contributed by atoms with Crippen molar-refractivity contribution in [1.82, 2.24) is 5.32 Å². The molecule has 0 fully saturated rings. The van der Waals surface area contributed by atoms with E-state index < -0.39 is 0 Å². The molecule has 5 heteroatoms. The van der Waals surface area contributed by atoms with Gasteiger partial charge in [-0.05, 0) is 37.0 Å². The van der Waals surface area contributed by atoms with Crippen LogP contribution >= 0.6 is 11.6 Å². The van der Waals surface area contributed by atoms with Crippen molar-refractivity contribution >= 4 is 23.5 Å². The van der Waals surface area contributed by atoms with Crippen molar-refractivity contribution in [3.05, 3.63) is 70.7 Å². The molecule has 2 rings (SSSR count). The minimum absolute atomic E-state index is 0.250. The van der Waals surface area contributed by atoms with E-state index in [0.29, 0.717) is 23.7 Å². The van der Waals surface area contributed by atoms with Gasteiger partial charge < -0.3 is 4.74 Å². The fourth-order valence-corrected chi connectivity index (χ4v) is 2.46. The highest BCUT2D eigenvalue weighted by Gasteiger charge is 2.12. The highest BCUT2D eigenvalue weighted by molar-refractivity contribution is 6.34. The maximum absolute atomic E-state index is 12.3. The van der Waals surface area contributed by atoms with Gasteiger partial charge in [0.25, 0.3) is 11.9 Å². The molecule has 25 heavy (non-hydrogen) atoms. The highest BCUT2D eigenvalue weighted by atomic mass is 35.5. The zero-order chi connectivity index (χ0) is 17.9. The molecular formula is C20H23ClN2O2. The zero-order valence-corrected chi connectivity index (χ0v) is 15.1. The zero-order valence-electron chi connectivity index (χ0n) is 14.4. The molecule has 0 aromatic heterocycles. The summed E-state index contributed by atoms with van der Waals surface area (Å²) in [5.41, 5.74) is 1.68. The van der Waals surface area contributed by atoms with Crippen molar-refractivity contribution in [2.24, 2.45) is 4.99 Å². The first-order valence-corrected chi connectivity index (χ1v) is 8.85. The Labute approximate surface area is 153 Å². The molecule has 132 valence electrons. The number of nitrogens with one attached hydrogen (secondary N) is 1. The summed E-state index contributed by atoms with van der Waals surface area (Å²) in [4.78, 5) is 16.7. The van der Waals surface area contributed by atoms with Crippen molar-refractivity contribution < 1.29 is 9.53 Å². The third-order valence-electron chi connectivity index (χ3n) is 3.50. The van der Waals surface area contributed by atoms with Crippen molar-refractivity contribution in [2.45, 2.75) is 26.2 Å². The van der Waals surface area contributed by atoms with E-state index in [-0.39, 0.29) is 11.9 Å². The van der Waals surface area contributed by atoms with E-state index in [2.05, 4.69) is 22.4 Å². The molecule has 1 amide bonds. The number of carbonyl (C=O) groups is 1. The summed E-state index contributed by atoms with van der Waals surface area (Å²) >= 11 is 6.06. The quantitative estimate of drug-likeness (QED) is 0.450. The van der Waals surface area contributed by atoms with E-state index in [1.165, 1.54) is 5.56 Å². The second-order valence-corrected chi connectivity index (χ2v) is 5.97. The predicted octanol–water partition coefficient (Wildman–Crippen LogP) is 4.49. The normalized spacial score (nSPS) is 11.2. The monoisotopic (exact) mass is 358 g/mol. The highest BCUT2D eigenvalue weighted by Crippen LogP contribution is 2.14. The van der Waals surface area contributed by atoms with Crippen molar-refractivity contribution in [2.75, 3.05) is 13.2 Å². The number of aryl methyl sites for hydroxylation is 1. The lowest BCUT2D eigenvalue weighted by Gasteiger charge is -2.11. The Kier molecular flexibility index (Phi) is 7.99. The lowest BCUT2D eigenvalue weighted by Crippen LogP contribution is -2.33. The van der Waals surface area contributed by atoms with Crippen LogP contribution in [0.4, 0.5) is 0 Å². The summed E-state index contributed by atoms with van der Waals surface area (Å²) in [6, 6.07) is 17.4. The Morgan fingerprint density at radius 1 is 1.12 bits per heavy atom. The van der Waals surface area contributed by atoms with Gasteiger partial charge in [-0.25, -0.2) is 4.99 Å². The van der Waals surface area contributed by atoms with Gasteiger partial charge >= 0.3 is 0 Å². The van der Waals surface area contributed by atoms with Crippen molar-refractivity contribution in [1.29, 1.82) is 0 Å². The number of amides is 1. The summed E-state index contributed by atoms with van der Waals surface area (Å²) in [7, 11) is 0. The van der Waals surface area contributed by atoms with E-state index in [1.807, 2.05) is 25.1 Å². The van der Waals surface area contributed by atoms with Crippen LogP contribution in [0, 0.1) is 0 Å². The van der Waals surface area contributed by atoms with Crippen LogP contribution in [0.15, 0.2) is 59.6 Å². The molecule has 0 radical (unpaired) electrons. The SMILES string of the molecule is CCCOC(=NCCCc1ccccc1)NC(=O)c1ccccc1Cl. The molecular weight excluding hydrogens is 336 g/mol. The van der Waals surface area contributed by atoms with Gasteiger partial charge in [0.15, 0.2) is 0 Å². The third kappa shape index (κ3) is 6.59. The Morgan fingerprint density at radius 2 is 1.84 bits per heavy atom. The number of rotatable bonds is 7. The molecule has 0 spiro atoms. The molecule has 0 aliphatic carbocycles. The van der Waals surface area contributed by atoms with Gasteiger partial charge in [0.1, 0.15) is 0 Å². The molecule has 0 saturated carbocycles. The van der Waals surface area contributed by atoms with Crippen LogP contribution < -0.4 is 5.32 Å². The number of halogens is 1. The van der Waals surface area contributed by atoms with Crippen LogP contribution in [0.2, 0.25) is 5.02 Å². The molecule has 2 aromatic rings. The molecule has 2 aromatic carbocycles. The molecule has 4 nitrogen and oxygen atoms in total. The third-order valence-corrected chi connectivity index (χ3v) is 3.83. The van der Waals surface area contributed by atoms with Crippen LogP contribution in [0.25, 0.3) is 0 Å². The van der Waals surface area contributed by atoms with Gasteiger partial charge in [-0.3, -0.25) is 10.1 Å². The molecule has 0 bridgehead atoms. The van der Waals surface area contributed by atoms with Crippen LogP contribution in [-0.2, 0) is 11.2 Å². The number of hydrogen-bond donors (Lipinski definition) is 1. The lowest BCUT2D eigenvalue weighted by molar-refractivity contribution is 0.0965. The van der Waals surface area contributed by atoms with Gasteiger partial charge in [-0.15, -0.1) is 0 Å². The fourth-order valence-electron chi connectivity index (χ4n) is 2.24.